The summed E-state index contributed by atoms with van der Waals surface area (Å²) in [4.78, 5) is 0. The summed E-state index contributed by atoms with van der Waals surface area (Å²) < 4.78 is 6.31. The van der Waals surface area contributed by atoms with E-state index in [1.807, 2.05) is 0 Å². The van der Waals surface area contributed by atoms with E-state index in [1.54, 1.807) is 4.40 Å². The molecule has 2 nitrogen and oxygen atoms in total. The number of hydrogen-bond donors (Lipinski definition) is 0. The van der Waals surface area contributed by atoms with Crippen LogP contribution in [0.2, 0.25) is 17.3 Å². The van der Waals surface area contributed by atoms with E-state index in [2.05, 4.69) is 139 Å². The second kappa shape index (κ2) is 8.60. The van der Waals surface area contributed by atoms with E-state index in [9.17, 15) is 0 Å². The number of aryl methyl sites for hydroxylation is 3. The van der Waals surface area contributed by atoms with Crippen molar-refractivity contribution in [2.24, 2.45) is 7.05 Å². The van der Waals surface area contributed by atoms with Crippen molar-refractivity contribution in [3.05, 3.63) is 102 Å². The number of rotatable bonds is 3. The average Bonchev–Trinajstić information content (AvgIpc) is 3.20. The normalized spacial score (nSPS) is 12.2. The molecule has 37 heavy (non-hydrogen) atoms. The molecule has 0 fully saturated rings. The molecule has 3 heteroatoms. The third-order valence-corrected chi connectivity index (χ3v) is 12.2. The molecule has 0 atom stereocenters. The summed E-state index contributed by atoms with van der Waals surface area (Å²) in [6.45, 7) is 6.65. The number of hydrogen-bond acceptors (Lipinski definition) is 0. The van der Waals surface area contributed by atoms with Gasteiger partial charge < -0.3 is 0 Å². The fraction of sp³-hybridized carbons (Fsp3) is 0.206. The van der Waals surface area contributed by atoms with Crippen molar-refractivity contribution in [3.8, 4) is 16.9 Å². The molecule has 0 aliphatic rings. The monoisotopic (exact) mass is 545 g/mol. The first kappa shape index (κ1) is 24.0. The fourth-order valence-corrected chi connectivity index (χ4v) is 9.42. The first-order valence-electron chi connectivity index (χ1n) is 13.2. The van der Waals surface area contributed by atoms with Gasteiger partial charge in [-0.3, -0.25) is 0 Å². The number of nitrogens with zero attached hydrogens (tertiary/aromatic N) is 2. The Labute approximate surface area is 222 Å². The molecular weight excluding hydrogens is 509 g/mol. The second-order valence-electron chi connectivity index (χ2n) is 11.6. The summed E-state index contributed by atoms with van der Waals surface area (Å²) in [5, 5.41) is 5.35. The Morgan fingerprint density at radius 1 is 0.730 bits per heavy atom. The predicted octanol–water partition coefficient (Wildman–Crippen LogP) is 7.90. The standard InChI is InChI=1S/C34H35GeN2/c1-22-19-23(2)24(3)29(20-22)34-27-16-15-26(21-25(27)17-18-36(34)7)37-31-13-9-8-11-28(31)33-30(35(4,5)6)12-10-14-32(33)37/h8-21H,1-7H3/q+1. The minimum atomic E-state index is -2.08. The van der Waals surface area contributed by atoms with Gasteiger partial charge in [-0.25, -0.2) is 0 Å². The Morgan fingerprint density at radius 2 is 1.49 bits per heavy atom. The third-order valence-electron chi connectivity index (χ3n) is 7.95. The first-order chi connectivity index (χ1) is 17.6. The molecule has 0 aliphatic heterocycles. The SMILES string of the molecule is Cc1cc(C)c(C)c(-c2c3ccc(-n4c5ccccc5c5[c]([Ge]([CH3])([CH3])[CH3])cccc54)cc3cc[n+]2C)c1. The van der Waals surface area contributed by atoms with Crippen molar-refractivity contribution in [3.63, 3.8) is 0 Å². The number of benzene rings is 4. The van der Waals surface area contributed by atoms with Crippen molar-refractivity contribution in [1.82, 2.24) is 4.57 Å². The van der Waals surface area contributed by atoms with Gasteiger partial charge in [0.15, 0.2) is 0 Å². The molecule has 0 unspecified atom stereocenters. The van der Waals surface area contributed by atoms with E-state index in [1.165, 1.54) is 66.2 Å². The van der Waals surface area contributed by atoms with Crippen molar-refractivity contribution in [1.29, 1.82) is 0 Å². The van der Waals surface area contributed by atoms with Gasteiger partial charge in [0.2, 0.25) is 0 Å². The Morgan fingerprint density at radius 3 is 2.27 bits per heavy atom. The number of fused-ring (bicyclic) bond motifs is 4. The first-order valence-corrected chi connectivity index (χ1v) is 20.5. The minimum absolute atomic E-state index is 1.22. The second-order valence-corrected chi connectivity index (χ2v) is 22.2. The van der Waals surface area contributed by atoms with Crippen LogP contribution >= 0.6 is 0 Å². The quantitative estimate of drug-likeness (QED) is 0.158. The van der Waals surface area contributed by atoms with Gasteiger partial charge in [0.1, 0.15) is 0 Å². The van der Waals surface area contributed by atoms with Crippen LogP contribution in [0.3, 0.4) is 0 Å². The molecular formula is C34H35GeN2+. The van der Waals surface area contributed by atoms with Gasteiger partial charge >= 0.3 is 203 Å². The summed E-state index contributed by atoms with van der Waals surface area (Å²) in [5.74, 6) is 7.48. The fourth-order valence-electron chi connectivity index (χ4n) is 6.04. The summed E-state index contributed by atoms with van der Waals surface area (Å²) >= 11 is -2.08. The summed E-state index contributed by atoms with van der Waals surface area (Å²) in [7, 11) is 2.16. The molecule has 184 valence electrons. The zero-order valence-electron chi connectivity index (χ0n) is 23.0. The Bertz CT molecular complexity index is 1850. The van der Waals surface area contributed by atoms with Crippen LogP contribution in [0.1, 0.15) is 16.7 Å². The van der Waals surface area contributed by atoms with Crippen LogP contribution in [0.4, 0.5) is 0 Å². The van der Waals surface area contributed by atoms with Gasteiger partial charge in [0, 0.05) is 0 Å². The van der Waals surface area contributed by atoms with Gasteiger partial charge in [0.25, 0.3) is 0 Å². The van der Waals surface area contributed by atoms with Crippen LogP contribution in [0.15, 0.2) is 85.1 Å². The van der Waals surface area contributed by atoms with Crippen LogP contribution in [-0.2, 0) is 7.05 Å². The van der Waals surface area contributed by atoms with Crippen LogP contribution < -0.4 is 8.96 Å². The molecule has 0 radical (unpaired) electrons. The molecule has 4 aromatic carbocycles. The molecule has 2 aromatic heterocycles. The molecule has 0 saturated heterocycles. The van der Waals surface area contributed by atoms with Crippen LogP contribution in [0, 0.1) is 20.8 Å². The van der Waals surface area contributed by atoms with E-state index >= 15 is 0 Å². The van der Waals surface area contributed by atoms with Gasteiger partial charge in [-0.15, -0.1) is 0 Å². The Balaban J connectivity index is 1.65. The molecule has 0 amide bonds. The number of para-hydroxylation sites is 1. The number of pyridine rings is 1. The van der Waals surface area contributed by atoms with E-state index in [0.717, 1.165) is 0 Å². The van der Waals surface area contributed by atoms with Crippen molar-refractivity contribution >= 4 is 50.2 Å². The Kier molecular flexibility index (Phi) is 5.58. The maximum absolute atomic E-state index is 2.49. The topological polar surface area (TPSA) is 8.81 Å². The molecule has 0 saturated carbocycles. The van der Waals surface area contributed by atoms with Crippen molar-refractivity contribution in [2.75, 3.05) is 0 Å². The molecule has 6 aromatic rings. The van der Waals surface area contributed by atoms with Crippen LogP contribution in [0.5, 0.6) is 0 Å². The van der Waals surface area contributed by atoms with Crippen LogP contribution in [-0.4, -0.2) is 17.8 Å². The van der Waals surface area contributed by atoms with E-state index < -0.39 is 13.3 Å². The number of aromatic nitrogens is 2. The molecule has 0 N–H and O–H groups in total. The maximum atomic E-state index is 2.49. The van der Waals surface area contributed by atoms with E-state index in [0.29, 0.717) is 0 Å². The van der Waals surface area contributed by atoms with Gasteiger partial charge in [-0.1, -0.05) is 6.07 Å². The van der Waals surface area contributed by atoms with E-state index in [-0.39, 0.29) is 0 Å². The summed E-state index contributed by atoms with van der Waals surface area (Å²) in [5.41, 5.74) is 10.4. The van der Waals surface area contributed by atoms with Gasteiger partial charge in [-0.2, -0.15) is 0 Å². The zero-order chi connectivity index (χ0) is 26.1. The average molecular weight is 544 g/mol. The van der Waals surface area contributed by atoms with E-state index in [4.69, 9.17) is 0 Å². The molecule has 0 bridgehead atoms. The van der Waals surface area contributed by atoms with Gasteiger partial charge in [-0.05, 0) is 13.8 Å². The van der Waals surface area contributed by atoms with Crippen molar-refractivity contribution in [2.45, 2.75) is 38.0 Å². The summed E-state index contributed by atoms with van der Waals surface area (Å²) in [6.07, 6.45) is 2.20. The third kappa shape index (κ3) is 3.81. The van der Waals surface area contributed by atoms with Crippen molar-refractivity contribution < 1.29 is 4.57 Å². The molecule has 0 aliphatic carbocycles. The van der Waals surface area contributed by atoms with Crippen LogP contribution in [0.25, 0.3) is 49.5 Å². The van der Waals surface area contributed by atoms with Gasteiger partial charge in [0.05, 0.1) is 0 Å². The molecule has 0 spiro atoms. The zero-order valence-corrected chi connectivity index (χ0v) is 25.1. The molecule has 6 rings (SSSR count). The predicted molar refractivity (Wildman–Crippen MR) is 162 cm³/mol. The molecule has 2 heterocycles. The Hall–Kier alpha value is -3.37. The summed E-state index contributed by atoms with van der Waals surface area (Å²) in [6, 6.07) is 29.7.